The minimum atomic E-state index is 0.478. The summed E-state index contributed by atoms with van der Waals surface area (Å²) in [6.45, 7) is 7.58. The third kappa shape index (κ3) is 3.33. The fourth-order valence-electron chi connectivity index (χ4n) is 2.87. The molecule has 1 aromatic carbocycles. The number of aryl methyl sites for hydroxylation is 1. The Bertz CT molecular complexity index is 358. The van der Waals surface area contributed by atoms with Crippen LogP contribution in [0, 0.1) is 6.92 Å². The number of nitrogens with two attached hydrogens (primary N) is 1. The van der Waals surface area contributed by atoms with Crippen LogP contribution in [0.5, 0.6) is 0 Å². The van der Waals surface area contributed by atoms with Crippen LogP contribution in [0.1, 0.15) is 43.2 Å². The lowest BCUT2D eigenvalue weighted by Gasteiger charge is -2.35. The molecule has 2 atom stereocenters. The minimum Gasteiger partial charge on any atom is -0.330 e. The van der Waals surface area contributed by atoms with Crippen LogP contribution in [-0.4, -0.2) is 30.6 Å². The molecule has 0 spiro atoms. The van der Waals surface area contributed by atoms with Gasteiger partial charge in [0.15, 0.2) is 0 Å². The molecule has 1 saturated heterocycles. The highest BCUT2D eigenvalue weighted by molar-refractivity contribution is 5.25. The first kappa shape index (κ1) is 13.6. The fraction of sp³-hybridized carbons (Fsp3) is 0.625. The average Bonchev–Trinajstić information content (AvgIpc) is 2.39. The van der Waals surface area contributed by atoms with Crippen molar-refractivity contribution in [1.82, 2.24) is 4.90 Å². The van der Waals surface area contributed by atoms with Crippen molar-refractivity contribution in [1.29, 1.82) is 0 Å². The zero-order valence-electron chi connectivity index (χ0n) is 11.7. The summed E-state index contributed by atoms with van der Waals surface area (Å²) < 4.78 is 0. The number of benzene rings is 1. The molecule has 2 nitrogen and oxygen atoms in total. The van der Waals surface area contributed by atoms with E-state index < -0.39 is 0 Å². The SMILES string of the molecule is Cc1ccc(C(CN)CN2CCCCC2C)cc1. The maximum Gasteiger partial charge on any atom is 0.00889 e. The van der Waals surface area contributed by atoms with Crippen molar-refractivity contribution in [3.05, 3.63) is 35.4 Å². The van der Waals surface area contributed by atoms with Gasteiger partial charge >= 0.3 is 0 Å². The molecule has 2 heteroatoms. The minimum absolute atomic E-state index is 0.478. The van der Waals surface area contributed by atoms with E-state index in [1.54, 1.807) is 0 Å². The van der Waals surface area contributed by atoms with E-state index in [0.29, 0.717) is 5.92 Å². The van der Waals surface area contributed by atoms with Crippen LogP contribution in [0.15, 0.2) is 24.3 Å². The van der Waals surface area contributed by atoms with E-state index in [1.807, 2.05) is 0 Å². The van der Waals surface area contributed by atoms with Crippen molar-refractivity contribution >= 4 is 0 Å². The van der Waals surface area contributed by atoms with E-state index >= 15 is 0 Å². The molecular weight excluding hydrogens is 220 g/mol. The fourth-order valence-corrected chi connectivity index (χ4v) is 2.87. The van der Waals surface area contributed by atoms with Crippen LogP contribution >= 0.6 is 0 Å². The molecule has 0 aromatic heterocycles. The molecule has 2 unspecified atom stereocenters. The lowest BCUT2D eigenvalue weighted by atomic mass is 9.95. The number of likely N-dealkylation sites (tertiary alicyclic amines) is 1. The highest BCUT2D eigenvalue weighted by Crippen LogP contribution is 2.22. The lowest BCUT2D eigenvalue weighted by molar-refractivity contribution is 0.152. The van der Waals surface area contributed by atoms with Gasteiger partial charge in [-0.1, -0.05) is 36.2 Å². The van der Waals surface area contributed by atoms with Gasteiger partial charge in [-0.25, -0.2) is 0 Å². The zero-order chi connectivity index (χ0) is 13.0. The first-order chi connectivity index (χ1) is 8.70. The molecule has 1 aromatic rings. The van der Waals surface area contributed by atoms with Crippen molar-refractivity contribution in [2.75, 3.05) is 19.6 Å². The molecule has 18 heavy (non-hydrogen) atoms. The Morgan fingerprint density at radius 3 is 2.61 bits per heavy atom. The number of rotatable bonds is 4. The Labute approximate surface area is 111 Å². The van der Waals surface area contributed by atoms with Crippen LogP contribution in [0.3, 0.4) is 0 Å². The molecule has 2 N–H and O–H groups in total. The Morgan fingerprint density at radius 1 is 1.28 bits per heavy atom. The van der Waals surface area contributed by atoms with Crippen LogP contribution in [0.25, 0.3) is 0 Å². The summed E-state index contributed by atoms with van der Waals surface area (Å²) in [5.74, 6) is 0.478. The van der Waals surface area contributed by atoms with Crippen molar-refractivity contribution in [3.63, 3.8) is 0 Å². The highest BCUT2D eigenvalue weighted by Gasteiger charge is 2.21. The summed E-state index contributed by atoms with van der Waals surface area (Å²) in [5.41, 5.74) is 8.69. The molecule has 100 valence electrons. The molecule has 0 radical (unpaired) electrons. The van der Waals surface area contributed by atoms with Gasteiger partial charge < -0.3 is 10.6 Å². The van der Waals surface area contributed by atoms with Gasteiger partial charge in [-0.05, 0) is 38.8 Å². The summed E-state index contributed by atoms with van der Waals surface area (Å²) in [6, 6.07) is 9.58. The maximum atomic E-state index is 5.98. The van der Waals surface area contributed by atoms with E-state index in [2.05, 4.69) is 43.0 Å². The van der Waals surface area contributed by atoms with Crippen molar-refractivity contribution in [3.8, 4) is 0 Å². The number of hydrogen-bond acceptors (Lipinski definition) is 2. The van der Waals surface area contributed by atoms with E-state index in [-0.39, 0.29) is 0 Å². The quantitative estimate of drug-likeness (QED) is 0.885. The van der Waals surface area contributed by atoms with E-state index in [4.69, 9.17) is 5.73 Å². The van der Waals surface area contributed by atoms with Crippen LogP contribution in [0.4, 0.5) is 0 Å². The number of hydrogen-bond donors (Lipinski definition) is 1. The summed E-state index contributed by atoms with van der Waals surface area (Å²) >= 11 is 0. The molecule has 0 saturated carbocycles. The molecule has 1 aliphatic rings. The Morgan fingerprint density at radius 2 is 2.00 bits per heavy atom. The first-order valence-electron chi connectivity index (χ1n) is 7.21. The number of nitrogens with zero attached hydrogens (tertiary/aromatic N) is 1. The third-order valence-electron chi connectivity index (χ3n) is 4.23. The van der Waals surface area contributed by atoms with E-state index in [0.717, 1.165) is 19.1 Å². The molecular formula is C16H26N2. The first-order valence-corrected chi connectivity index (χ1v) is 7.21. The van der Waals surface area contributed by atoms with Gasteiger partial charge in [0.25, 0.3) is 0 Å². The molecule has 0 bridgehead atoms. The Hall–Kier alpha value is -0.860. The smallest absolute Gasteiger partial charge is 0.00889 e. The summed E-state index contributed by atoms with van der Waals surface area (Å²) in [5, 5.41) is 0. The summed E-state index contributed by atoms with van der Waals surface area (Å²) in [4.78, 5) is 2.61. The molecule has 2 rings (SSSR count). The zero-order valence-corrected chi connectivity index (χ0v) is 11.7. The largest absolute Gasteiger partial charge is 0.330 e. The van der Waals surface area contributed by atoms with Gasteiger partial charge in [0.2, 0.25) is 0 Å². The van der Waals surface area contributed by atoms with Crippen molar-refractivity contribution in [2.45, 2.75) is 45.1 Å². The van der Waals surface area contributed by atoms with E-state index in [9.17, 15) is 0 Å². The molecule has 1 aliphatic heterocycles. The third-order valence-corrected chi connectivity index (χ3v) is 4.23. The summed E-state index contributed by atoms with van der Waals surface area (Å²) in [7, 11) is 0. The monoisotopic (exact) mass is 246 g/mol. The van der Waals surface area contributed by atoms with Gasteiger partial charge in [0.05, 0.1) is 0 Å². The predicted molar refractivity (Wildman–Crippen MR) is 77.9 cm³/mol. The second-order valence-corrected chi connectivity index (χ2v) is 5.68. The van der Waals surface area contributed by atoms with Crippen LogP contribution in [0.2, 0.25) is 0 Å². The summed E-state index contributed by atoms with van der Waals surface area (Å²) in [6.07, 6.45) is 4.07. The second kappa shape index (κ2) is 6.35. The normalized spacial score (nSPS) is 22.9. The lowest BCUT2D eigenvalue weighted by Crippen LogP contribution is -2.41. The van der Waals surface area contributed by atoms with Gasteiger partial charge in [-0.3, -0.25) is 0 Å². The topological polar surface area (TPSA) is 29.3 Å². The molecule has 1 heterocycles. The van der Waals surface area contributed by atoms with Crippen LogP contribution < -0.4 is 5.73 Å². The Balaban J connectivity index is 2.02. The molecule has 0 amide bonds. The predicted octanol–water partition coefficient (Wildman–Crippen LogP) is 2.91. The van der Waals surface area contributed by atoms with Gasteiger partial charge in [-0.2, -0.15) is 0 Å². The van der Waals surface area contributed by atoms with Gasteiger partial charge in [-0.15, -0.1) is 0 Å². The number of piperidine rings is 1. The second-order valence-electron chi connectivity index (χ2n) is 5.68. The average molecular weight is 246 g/mol. The molecule has 0 aliphatic carbocycles. The standard InChI is InChI=1S/C16H26N2/c1-13-6-8-15(9-7-13)16(11-17)12-18-10-4-3-5-14(18)2/h6-9,14,16H,3-5,10-12,17H2,1-2H3. The van der Waals surface area contributed by atoms with E-state index in [1.165, 1.54) is 36.9 Å². The molecule has 1 fully saturated rings. The Kier molecular flexibility index (Phi) is 4.79. The maximum absolute atomic E-state index is 5.98. The highest BCUT2D eigenvalue weighted by atomic mass is 15.2. The van der Waals surface area contributed by atoms with Crippen molar-refractivity contribution < 1.29 is 0 Å². The van der Waals surface area contributed by atoms with Gasteiger partial charge in [0.1, 0.15) is 0 Å². The van der Waals surface area contributed by atoms with Crippen molar-refractivity contribution in [2.24, 2.45) is 5.73 Å². The van der Waals surface area contributed by atoms with Gasteiger partial charge in [0, 0.05) is 25.0 Å². The van der Waals surface area contributed by atoms with Crippen LogP contribution in [-0.2, 0) is 0 Å².